The zero-order valence-electron chi connectivity index (χ0n) is 15.7. The van der Waals surface area contributed by atoms with Crippen molar-refractivity contribution < 1.29 is 19.2 Å². The third kappa shape index (κ3) is 3.60. The summed E-state index contributed by atoms with van der Waals surface area (Å²) in [5, 5.41) is 10.9. The predicted octanol–water partition coefficient (Wildman–Crippen LogP) is 4.47. The van der Waals surface area contributed by atoms with Gasteiger partial charge in [0.05, 0.1) is 21.7 Å². The number of benzene rings is 1. The number of ether oxygens (including phenoxy) is 1. The molecule has 0 fully saturated rings. The maximum absolute atomic E-state index is 13.2. The number of ketones is 1. The first-order valence-electron chi connectivity index (χ1n) is 8.76. The van der Waals surface area contributed by atoms with Crippen molar-refractivity contribution in [2.24, 2.45) is 7.05 Å². The van der Waals surface area contributed by atoms with E-state index in [1.807, 2.05) is 0 Å². The molecule has 1 unspecified atom stereocenters. The molecule has 0 saturated heterocycles. The molecule has 0 N–H and O–H groups in total. The zero-order chi connectivity index (χ0) is 20.6. The number of Topliss-reactive ketones (excluding diaryl/α,β-unsaturated/α-hetero) is 1. The number of carbonyl (C=O) groups is 2. The lowest BCUT2D eigenvalue weighted by Crippen LogP contribution is -2.25. The number of nitrogens with zero attached hydrogens (tertiary/aromatic N) is 2. The number of fused-ring (bicyclic) bond motifs is 1. The highest BCUT2D eigenvalue weighted by atomic mass is 79.9. The van der Waals surface area contributed by atoms with Crippen molar-refractivity contribution in [2.45, 2.75) is 36.8 Å². The minimum atomic E-state index is -0.447. The molecule has 0 radical (unpaired) electrons. The van der Waals surface area contributed by atoms with Crippen molar-refractivity contribution in [2.75, 3.05) is 6.61 Å². The summed E-state index contributed by atoms with van der Waals surface area (Å²) in [7, 11) is 1.76. The second-order valence-electron chi connectivity index (χ2n) is 6.45. The van der Waals surface area contributed by atoms with Crippen molar-refractivity contribution in [3.63, 3.8) is 0 Å². The standard InChI is InChI=1S/C19H19BrN2O5S/c1-4-27-19(24)17-10(2)16-12(21(17)3)6-8-15(18(16)23)28-14-7-5-11(20)9-13(14)22(25)26/h5,7,9,15H,4,6,8H2,1-3H3. The molecule has 2 aromatic rings. The highest BCUT2D eigenvalue weighted by Gasteiger charge is 2.36. The molecule has 0 amide bonds. The van der Waals surface area contributed by atoms with Gasteiger partial charge in [0.1, 0.15) is 5.69 Å². The Morgan fingerprint density at radius 3 is 2.82 bits per heavy atom. The number of hydrogen-bond donors (Lipinski definition) is 0. The lowest BCUT2D eigenvalue weighted by molar-refractivity contribution is -0.387. The number of nitro benzene ring substituents is 1. The van der Waals surface area contributed by atoms with Gasteiger partial charge in [-0.05, 0) is 44.4 Å². The number of thioether (sulfide) groups is 1. The first kappa shape index (κ1) is 20.6. The van der Waals surface area contributed by atoms with Crippen LogP contribution in [0.25, 0.3) is 0 Å². The SMILES string of the molecule is CCOC(=O)c1c(C)c2c(n1C)CCC(Sc1ccc(Br)cc1[N+](=O)[O-])C2=O. The largest absolute Gasteiger partial charge is 0.461 e. The quantitative estimate of drug-likeness (QED) is 0.366. The van der Waals surface area contributed by atoms with Gasteiger partial charge >= 0.3 is 5.97 Å². The van der Waals surface area contributed by atoms with E-state index in [4.69, 9.17) is 4.74 Å². The van der Waals surface area contributed by atoms with Crippen LogP contribution < -0.4 is 0 Å². The summed E-state index contributed by atoms with van der Waals surface area (Å²) >= 11 is 4.45. The lowest BCUT2D eigenvalue weighted by atomic mass is 9.93. The van der Waals surface area contributed by atoms with Gasteiger partial charge in [0.2, 0.25) is 0 Å². The summed E-state index contributed by atoms with van der Waals surface area (Å²) < 4.78 is 7.47. The molecule has 1 heterocycles. The van der Waals surface area contributed by atoms with Crippen molar-refractivity contribution >= 4 is 45.1 Å². The van der Waals surface area contributed by atoms with Crippen LogP contribution >= 0.6 is 27.7 Å². The van der Waals surface area contributed by atoms with Crippen LogP contribution in [0.5, 0.6) is 0 Å². The van der Waals surface area contributed by atoms with E-state index in [1.165, 1.54) is 17.8 Å². The van der Waals surface area contributed by atoms with Crippen LogP contribution in [0.15, 0.2) is 27.6 Å². The molecule has 9 heteroatoms. The van der Waals surface area contributed by atoms with Gasteiger partial charge in [0.25, 0.3) is 5.69 Å². The Bertz CT molecular complexity index is 985. The molecule has 28 heavy (non-hydrogen) atoms. The summed E-state index contributed by atoms with van der Waals surface area (Å²) in [6.07, 6.45) is 1.16. The Labute approximate surface area is 174 Å². The molecule has 7 nitrogen and oxygen atoms in total. The molecule has 3 rings (SSSR count). The molecule has 0 bridgehead atoms. The summed E-state index contributed by atoms with van der Waals surface area (Å²) in [6.45, 7) is 3.74. The lowest BCUT2D eigenvalue weighted by Gasteiger charge is -2.22. The Morgan fingerprint density at radius 1 is 1.46 bits per heavy atom. The first-order chi connectivity index (χ1) is 13.3. The minimum absolute atomic E-state index is 0.0324. The molecule has 1 aromatic carbocycles. The van der Waals surface area contributed by atoms with Crippen LogP contribution in [0.3, 0.4) is 0 Å². The van der Waals surface area contributed by atoms with Crippen molar-refractivity contribution in [1.82, 2.24) is 4.57 Å². The average molecular weight is 467 g/mol. The Morgan fingerprint density at radius 2 is 2.18 bits per heavy atom. The Balaban J connectivity index is 1.95. The van der Waals surface area contributed by atoms with E-state index in [9.17, 15) is 19.7 Å². The highest BCUT2D eigenvalue weighted by Crippen LogP contribution is 2.40. The molecule has 0 aliphatic heterocycles. The van der Waals surface area contributed by atoms with E-state index in [0.29, 0.717) is 39.0 Å². The second-order valence-corrected chi connectivity index (χ2v) is 8.61. The van der Waals surface area contributed by atoms with Gasteiger partial charge in [0.15, 0.2) is 5.78 Å². The van der Waals surface area contributed by atoms with Gasteiger partial charge < -0.3 is 9.30 Å². The molecule has 1 atom stereocenters. The fourth-order valence-corrected chi connectivity index (χ4v) is 5.07. The third-order valence-corrected chi connectivity index (χ3v) is 6.62. The number of hydrogen-bond acceptors (Lipinski definition) is 6. The van der Waals surface area contributed by atoms with E-state index in [-0.39, 0.29) is 18.1 Å². The zero-order valence-corrected chi connectivity index (χ0v) is 18.1. The van der Waals surface area contributed by atoms with E-state index >= 15 is 0 Å². The molecule has 0 saturated carbocycles. The maximum Gasteiger partial charge on any atom is 0.355 e. The fourth-order valence-electron chi connectivity index (χ4n) is 3.56. The summed E-state index contributed by atoms with van der Waals surface area (Å²) in [5.74, 6) is -0.551. The first-order valence-corrected chi connectivity index (χ1v) is 10.4. The average Bonchev–Trinajstić information content (AvgIpc) is 2.89. The van der Waals surface area contributed by atoms with Crippen molar-refractivity contribution in [1.29, 1.82) is 0 Å². The van der Waals surface area contributed by atoms with Gasteiger partial charge in [-0.1, -0.05) is 15.9 Å². The van der Waals surface area contributed by atoms with Crippen LogP contribution in [0.1, 0.15) is 45.4 Å². The number of nitro groups is 1. The number of esters is 1. The third-order valence-electron chi connectivity index (χ3n) is 4.80. The van der Waals surface area contributed by atoms with E-state index < -0.39 is 16.1 Å². The molecular weight excluding hydrogens is 448 g/mol. The monoisotopic (exact) mass is 466 g/mol. The van der Waals surface area contributed by atoms with Crippen LogP contribution in [0.2, 0.25) is 0 Å². The van der Waals surface area contributed by atoms with E-state index in [0.717, 1.165) is 5.69 Å². The van der Waals surface area contributed by atoms with Crippen molar-refractivity contribution in [3.8, 4) is 0 Å². The van der Waals surface area contributed by atoms with Crippen LogP contribution in [0.4, 0.5) is 5.69 Å². The van der Waals surface area contributed by atoms with Crippen LogP contribution in [0, 0.1) is 17.0 Å². The smallest absolute Gasteiger partial charge is 0.355 e. The maximum atomic E-state index is 13.2. The van der Waals surface area contributed by atoms with Gasteiger partial charge in [-0.2, -0.15) is 0 Å². The Hall–Kier alpha value is -2.13. The number of aromatic nitrogens is 1. The summed E-state index contributed by atoms with van der Waals surface area (Å²) in [5.41, 5.74) is 2.31. The van der Waals surface area contributed by atoms with Gasteiger partial charge in [-0.3, -0.25) is 14.9 Å². The van der Waals surface area contributed by atoms with Crippen LogP contribution in [-0.4, -0.2) is 33.1 Å². The topological polar surface area (TPSA) is 91.4 Å². The van der Waals surface area contributed by atoms with Crippen molar-refractivity contribution in [3.05, 3.63) is 55.3 Å². The fraction of sp³-hybridized carbons (Fsp3) is 0.368. The summed E-state index contributed by atoms with van der Waals surface area (Å²) in [4.78, 5) is 36.8. The summed E-state index contributed by atoms with van der Waals surface area (Å²) in [6, 6.07) is 4.81. The number of halogens is 1. The Kier molecular flexibility index (Phi) is 5.95. The van der Waals surface area contributed by atoms with Gasteiger partial charge in [0, 0.05) is 28.8 Å². The number of carbonyl (C=O) groups excluding carboxylic acids is 2. The van der Waals surface area contributed by atoms with Gasteiger partial charge in [-0.25, -0.2) is 4.79 Å². The molecule has 148 valence electrons. The molecule has 1 aromatic heterocycles. The normalized spacial score (nSPS) is 16.0. The molecule has 0 spiro atoms. The highest BCUT2D eigenvalue weighted by molar-refractivity contribution is 9.10. The van der Waals surface area contributed by atoms with E-state index in [2.05, 4.69) is 15.9 Å². The van der Waals surface area contributed by atoms with Crippen LogP contribution in [-0.2, 0) is 18.2 Å². The molecular formula is C19H19BrN2O5S. The minimum Gasteiger partial charge on any atom is -0.461 e. The molecule has 1 aliphatic carbocycles. The predicted molar refractivity (Wildman–Crippen MR) is 109 cm³/mol. The molecule has 1 aliphatic rings. The second kappa shape index (κ2) is 8.08. The number of rotatable bonds is 5. The van der Waals surface area contributed by atoms with Gasteiger partial charge in [-0.15, -0.1) is 11.8 Å². The van der Waals surface area contributed by atoms with E-state index in [1.54, 1.807) is 37.6 Å².